The van der Waals surface area contributed by atoms with Gasteiger partial charge in [-0.05, 0) is 42.5 Å². The molecule has 1 rings (SSSR count). The number of hydrogen-bond donors (Lipinski definition) is 1. The summed E-state index contributed by atoms with van der Waals surface area (Å²) in [6.07, 6.45) is 0.885. The molecule has 1 atom stereocenters. The van der Waals surface area contributed by atoms with E-state index in [4.69, 9.17) is 11.6 Å². The van der Waals surface area contributed by atoms with E-state index in [1.807, 2.05) is 0 Å². The molecule has 0 radical (unpaired) electrons. The van der Waals surface area contributed by atoms with Crippen LogP contribution in [-0.4, -0.2) is 12.6 Å². The molecule has 0 aromatic heterocycles. The molecule has 0 aliphatic rings. The molecule has 102 valence electrons. The highest BCUT2D eigenvalue weighted by atomic mass is 35.5. The van der Waals surface area contributed by atoms with E-state index in [1.165, 1.54) is 12.1 Å². The summed E-state index contributed by atoms with van der Waals surface area (Å²) in [7, 11) is 0. The van der Waals surface area contributed by atoms with Crippen LogP contribution in [0.4, 0.5) is 4.39 Å². The van der Waals surface area contributed by atoms with E-state index in [2.05, 4.69) is 33.0 Å². The van der Waals surface area contributed by atoms with Crippen LogP contribution >= 0.6 is 11.6 Å². The zero-order chi connectivity index (χ0) is 13.7. The predicted molar refractivity (Wildman–Crippen MR) is 76.6 cm³/mol. The summed E-state index contributed by atoms with van der Waals surface area (Å²) >= 11 is 6.08. The van der Waals surface area contributed by atoms with Gasteiger partial charge >= 0.3 is 0 Å². The van der Waals surface area contributed by atoms with Crippen molar-refractivity contribution < 1.29 is 4.39 Å². The summed E-state index contributed by atoms with van der Waals surface area (Å²) in [5, 5.41) is 3.99. The van der Waals surface area contributed by atoms with Gasteiger partial charge in [0.2, 0.25) is 0 Å². The fourth-order valence-corrected chi connectivity index (χ4v) is 2.14. The van der Waals surface area contributed by atoms with Gasteiger partial charge in [0.15, 0.2) is 0 Å². The molecule has 0 amide bonds. The number of hydrogen-bond acceptors (Lipinski definition) is 1. The molecule has 0 spiro atoms. The number of rotatable bonds is 6. The van der Waals surface area contributed by atoms with Crippen LogP contribution in [0.15, 0.2) is 18.2 Å². The van der Waals surface area contributed by atoms with Gasteiger partial charge in [0.25, 0.3) is 0 Å². The summed E-state index contributed by atoms with van der Waals surface area (Å²) in [4.78, 5) is 0. The van der Waals surface area contributed by atoms with Crippen molar-refractivity contribution >= 4 is 11.6 Å². The second-order valence-corrected chi connectivity index (χ2v) is 5.91. The summed E-state index contributed by atoms with van der Waals surface area (Å²) in [5.41, 5.74) is 1.03. The van der Waals surface area contributed by atoms with Crippen molar-refractivity contribution in [3.63, 3.8) is 0 Å². The summed E-state index contributed by atoms with van der Waals surface area (Å²) in [6.45, 7) is 9.67. The van der Waals surface area contributed by atoms with Gasteiger partial charge in [0, 0.05) is 11.1 Å². The molecule has 0 saturated carbocycles. The van der Waals surface area contributed by atoms with Crippen molar-refractivity contribution in [1.82, 2.24) is 5.32 Å². The van der Waals surface area contributed by atoms with Gasteiger partial charge in [-0.3, -0.25) is 0 Å². The lowest BCUT2D eigenvalue weighted by molar-refractivity contribution is 0.349. The van der Waals surface area contributed by atoms with Gasteiger partial charge in [-0.2, -0.15) is 0 Å². The monoisotopic (exact) mass is 271 g/mol. The Kier molecular flexibility index (Phi) is 6.10. The summed E-state index contributed by atoms with van der Waals surface area (Å²) in [5.74, 6) is 0.804. The molecule has 1 N–H and O–H groups in total. The highest BCUT2D eigenvalue weighted by Crippen LogP contribution is 2.23. The second-order valence-electron chi connectivity index (χ2n) is 5.51. The van der Waals surface area contributed by atoms with E-state index in [0.29, 0.717) is 22.9 Å². The fourth-order valence-electron chi connectivity index (χ4n) is 1.90. The Balaban J connectivity index is 2.70. The molecular weight excluding hydrogens is 249 g/mol. The minimum absolute atomic E-state index is 0.273. The van der Waals surface area contributed by atoms with Crippen molar-refractivity contribution in [2.24, 2.45) is 11.8 Å². The zero-order valence-electron chi connectivity index (χ0n) is 11.6. The Bertz CT molecular complexity index is 377. The van der Waals surface area contributed by atoms with E-state index < -0.39 is 0 Å². The first-order chi connectivity index (χ1) is 8.40. The van der Waals surface area contributed by atoms with Crippen LogP contribution in [0.3, 0.4) is 0 Å². The lowest BCUT2D eigenvalue weighted by atomic mass is 9.89. The minimum atomic E-state index is -0.273. The van der Waals surface area contributed by atoms with Crippen LogP contribution < -0.4 is 5.32 Å². The standard InChI is InChI=1S/C15H23ClFN/c1-10(2)13(9-18-11(3)4)7-12-5-6-14(17)8-15(12)16/h5-6,8,10-11,13,18H,7,9H2,1-4H3. The highest BCUT2D eigenvalue weighted by Gasteiger charge is 2.16. The predicted octanol–water partition coefficient (Wildman–Crippen LogP) is 4.29. The topological polar surface area (TPSA) is 12.0 Å². The van der Waals surface area contributed by atoms with E-state index in [0.717, 1.165) is 18.5 Å². The quantitative estimate of drug-likeness (QED) is 0.814. The molecule has 1 nitrogen and oxygen atoms in total. The molecule has 1 unspecified atom stereocenters. The van der Waals surface area contributed by atoms with E-state index in [1.54, 1.807) is 6.07 Å². The third kappa shape index (κ3) is 4.95. The van der Waals surface area contributed by atoms with Crippen LogP contribution in [0.1, 0.15) is 33.3 Å². The Hall–Kier alpha value is -0.600. The van der Waals surface area contributed by atoms with Gasteiger partial charge in [-0.1, -0.05) is 45.4 Å². The average molecular weight is 272 g/mol. The SMILES string of the molecule is CC(C)NCC(Cc1ccc(F)cc1Cl)C(C)C. The van der Waals surface area contributed by atoms with Crippen LogP contribution in [0.5, 0.6) is 0 Å². The first-order valence-corrected chi connectivity index (χ1v) is 6.95. The normalized spacial score (nSPS) is 13.3. The molecule has 1 aromatic carbocycles. The van der Waals surface area contributed by atoms with Crippen LogP contribution in [0, 0.1) is 17.7 Å². The van der Waals surface area contributed by atoms with E-state index in [9.17, 15) is 4.39 Å². The molecule has 0 bridgehead atoms. The van der Waals surface area contributed by atoms with Gasteiger partial charge in [-0.25, -0.2) is 4.39 Å². The van der Waals surface area contributed by atoms with Crippen molar-refractivity contribution in [3.05, 3.63) is 34.6 Å². The first kappa shape index (κ1) is 15.5. The van der Waals surface area contributed by atoms with Crippen LogP contribution in [0.2, 0.25) is 5.02 Å². The number of halogens is 2. The third-order valence-electron chi connectivity index (χ3n) is 3.23. The molecule has 18 heavy (non-hydrogen) atoms. The van der Waals surface area contributed by atoms with E-state index >= 15 is 0 Å². The second kappa shape index (κ2) is 7.10. The van der Waals surface area contributed by atoms with Crippen molar-refractivity contribution in [3.8, 4) is 0 Å². The largest absolute Gasteiger partial charge is 0.314 e. The third-order valence-corrected chi connectivity index (χ3v) is 3.58. The van der Waals surface area contributed by atoms with Crippen molar-refractivity contribution in [1.29, 1.82) is 0 Å². The van der Waals surface area contributed by atoms with Crippen LogP contribution in [0.25, 0.3) is 0 Å². The molecule has 0 heterocycles. The summed E-state index contributed by atoms with van der Waals surface area (Å²) < 4.78 is 13.0. The maximum atomic E-state index is 13.0. The van der Waals surface area contributed by atoms with Gasteiger partial charge < -0.3 is 5.32 Å². The van der Waals surface area contributed by atoms with Gasteiger partial charge in [0.05, 0.1) is 0 Å². The lowest BCUT2D eigenvalue weighted by Gasteiger charge is -2.23. The number of benzene rings is 1. The van der Waals surface area contributed by atoms with Crippen molar-refractivity contribution in [2.75, 3.05) is 6.54 Å². The molecule has 3 heteroatoms. The molecule has 0 aliphatic heterocycles. The Morgan fingerprint density at radius 1 is 1.22 bits per heavy atom. The first-order valence-electron chi connectivity index (χ1n) is 6.57. The van der Waals surface area contributed by atoms with Gasteiger partial charge in [0.1, 0.15) is 5.82 Å². The van der Waals surface area contributed by atoms with E-state index in [-0.39, 0.29) is 5.82 Å². The Labute approximate surface area is 115 Å². The lowest BCUT2D eigenvalue weighted by Crippen LogP contribution is -2.32. The molecule has 0 aliphatic carbocycles. The fraction of sp³-hybridized carbons (Fsp3) is 0.600. The summed E-state index contributed by atoms with van der Waals surface area (Å²) in [6, 6.07) is 5.15. The Morgan fingerprint density at radius 2 is 1.89 bits per heavy atom. The average Bonchev–Trinajstić information content (AvgIpc) is 2.26. The maximum absolute atomic E-state index is 13.0. The zero-order valence-corrected chi connectivity index (χ0v) is 12.4. The number of nitrogens with one attached hydrogen (secondary N) is 1. The maximum Gasteiger partial charge on any atom is 0.124 e. The van der Waals surface area contributed by atoms with Crippen LogP contribution in [-0.2, 0) is 6.42 Å². The highest BCUT2D eigenvalue weighted by molar-refractivity contribution is 6.31. The van der Waals surface area contributed by atoms with Gasteiger partial charge in [-0.15, -0.1) is 0 Å². The molecule has 1 aromatic rings. The molecule has 0 fully saturated rings. The Morgan fingerprint density at radius 3 is 2.39 bits per heavy atom. The molecular formula is C15H23ClFN. The molecule has 0 saturated heterocycles. The van der Waals surface area contributed by atoms with Crippen molar-refractivity contribution in [2.45, 2.75) is 40.2 Å². The minimum Gasteiger partial charge on any atom is -0.314 e. The smallest absolute Gasteiger partial charge is 0.124 e.